The Morgan fingerprint density at radius 2 is 1.71 bits per heavy atom. The summed E-state index contributed by atoms with van der Waals surface area (Å²) in [4.78, 5) is 11.2. The van der Waals surface area contributed by atoms with Gasteiger partial charge >= 0.3 is 0 Å². The highest BCUT2D eigenvalue weighted by atomic mass is 35.5. The number of rotatable bonds is 5. The average molecular weight is 483 g/mol. The van der Waals surface area contributed by atoms with E-state index in [2.05, 4.69) is 41.7 Å². The fraction of sp³-hybridized carbons (Fsp3) is 0.172. The van der Waals surface area contributed by atoms with Gasteiger partial charge in [0.1, 0.15) is 12.4 Å². The molecule has 0 saturated heterocycles. The monoisotopic (exact) mass is 482 g/mol. The van der Waals surface area contributed by atoms with Crippen LogP contribution in [0, 0.1) is 16.0 Å². The fourth-order valence-corrected chi connectivity index (χ4v) is 5.73. The van der Waals surface area contributed by atoms with Crippen LogP contribution >= 0.6 is 11.6 Å². The first-order valence-corrected chi connectivity index (χ1v) is 12.0. The second-order valence-electron chi connectivity index (χ2n) is 9.14. The molecule has 0 aromatic heterocycles. The molecule has 6 rings (SSSR count). The number of hydrogen-bond donors (Lipinski definition) is 1. The van der Waals surface area contributed by atoms with Crippen molar-refractivity contribution in [1.29, 1.82) is 0 Å². The third-order valence-corrected chi connectivity index (χ3v) is 7.55. The van der Waals surface area contributed by atoms with Gasteiger partial charge in [-0.1, -0.05) is 66.2 Å². The Morgan fingerprint density at radius 1 is 0.943 bits per heavy atom. The smallest absolute Gasteiger partial charge is 0.269 e. The second kappa shape index (κ2) is 8.75. The van der Waals surface area contributed by atoms with Gasteiger partial charge in [-0.15, -0.1) is 0 Å². The van der Waals surface area contributed by atoms with E-state index in [-0.39, 0.29) is 28.5 Å². The first-order valence-electron chi connectivity index (χ1n) is 11.7. The van der Waals surface area contributed by atoms with Gasteiger partial charge in [-0.3, -0.25) is 10.1 Å². The number of non-ortho nitro benzene ring substituents is 1. The van der Waals surface area contributed by atoms with Crippen molar-refractivity contribution >= 4 is 23.0 Å². The van der Waals surface area contributed by atoms with Crippen LogP contribution in [-0.2, 0) is 13.0 Å². The van der Waals surface area contributed by atoms with Crippen LogP contribution in [0.1, 0.15) is 39.8 Å². The van der Waals surface area contributed by atoms with Gasteiger partial charge in [0.05, 0.1) is 11.0 Å². The van der Waals surface area contributed by atoms with Gasteiger partial charge in [0.25, 0.3) is 5.69 Å². The Balaban J connectivity index is 1.31. The lowest BCUT2D eigenvalue weighted by Gasteiger charge is -2.38. The number of hydrogen-bond acceptors (Lipinski definition) is 4. The SMILES string of the molecule is O=[N+]([O-])c1ccc2c(c1)[C@@H]1c3ccccc3C[C@@H]1[C@@H](c1ccc(OCc3ccccc3Cl)cc1)N2. The third-order valence-electron chi connectivity index (χ3n) is 7.19. The number of nitro benzene ring substituents is 1. The van der Waals surface area contributed by atoms with Crippen molar-refractivity contribution in [3.05, 3.63) is 134 Å². The maximum Gasteiger partial charge on any atom is 0.269 e. The normalized spacial score (nSPS) is 19.7. The quantitative estimate of drug-likeness (QED) is 0.239. The van der Waals surface area contributed by atoms with E-state index in [0.29, 0.717) is 11.6 Å². The standard InChI is InChI=1S/C29H23ClN2O3/c30-26-8-4-2-6-20(26)17-35-22-12-9-18(10-13-22)29-25-15-19-5-1-3-7-23(19)28(25)24-16-21(32(33)34)11-14-27(24)31-29/h1-14,16,25,28-29,31H,15,17H2/t25-,28-,29+/m0/s1. The largest absolute Gasteiger partial charge is 0.489 e. The molecular formula is C29H23ClN2O3. The molecule has 4 aromatic carbocycles. The molecule has 6 heteroatoms. The fourth-order valence-electron chi connectivity index (χ4n) is 5.54. The van der Waals surface area contributed by atoms with Crippen molar-refractivity contribution in [3.63, 3.8) is 0 Å². The summed E-state index contributed by atoms with van der Waals surface area (Å²) in [6.07, 6.45) is 0.922. The van der Waals surface area contributed by atoms with E-state index < -0.39 is 0 Å². The molecule has 5 nitrogen and oxygen atoms in total. The van der Waals surface area contributed by atoms with Gasteiger partial charge in [-0.25, -0.2) is 0 Å². The van der Waals surface area contributed by atoms with E-state index in [9.17, 15) is 10.1 Å². The molecule has 1 aliphatic heterocycles. The Morgan fingerprint density at radius 3 is 2.51 bits per heavy atom. The maximum absolute atomic E-state index is 11.5. The summed E-state index contributed by atoms with van der Waals surface area (Å²) >= 11 is 6.25. The Hall–Kier alpha value is -3.83. The molecule has 1 heterocycles. The number of ether oxygens (including phenoxy) is 1. The first-order chi connectivity index (χ1) is 17.1. The summed E-state index contributed by atoms with van der Waals surface area (Å²) < 4.78 is 5.98. The van der Waals surface area contributed by atoms with E-state index in [1.54, 1.807) is 12.1 Å². The van der Waals surface area contributed by atoms with Gasteiger partial charge in [0.2, 0.25) is 0 Å². The third kappa shape index (κ3) is 3.92. The molecule has 1 aliphatic carbocycles. The van der Waals surface area contributed by atoms with Gasteiger partial charge < -0.3 is 10.1 Å². The molecule has 0 spiro atoms. The Kier molecular flexibility index (Phi) is 5.42. The molecule has 0 saturated carbocycles. The zero-order chi connectivity index (χ0) is 23.9. The topological polar surface area (TPSA) is 64.4 Å². The lowest BCUT2D eigenvalue weighted by Crippen LogP contribution is -2.30. The van der Waals surface area contributed by atoms with Gasteiger partial charge in [-0.05, 0) is 58.9 Å². The van der Waals surface area contributed by atoms with Gasteiger partial charge in [-0.2, -0.15) is 0 Å². The molecule has 35 heavy (non-hydrogen) atoms. The van der Waals surface area contributed by atoms with E-state index in [1.165, 1.54) is 16.7 Å². The molecule has 0 amide bonds. The predicted molar refractivity (Wildman–Crippen MR) is 137 cm³/mol. The summed E-state index contributed by atoms with van der Waals surface area (Å²) in [6, 6.07) is 29.6. The first kappa shape index (κ1) is 21.7. The number of anilines is 1. The molecule has 3 atom stereocenters. The van der Waals surface area contributed by atoms with Crippen molar-refractivity contribution in [2.45, 2.75) is 25.0 Å². The van der Waals surface area contributed by atoms with Crippen LogP contribution in [0.3, 0.4) is 0 Å². The summed E-state index contributed by atoms with van der Waals surface area (Å²) in [5.41, 5.74) is 6.79. The van der Waals surface area contributed by atoms with Crippen molar-refractivity contribution in [3.8, 4) is 5.75 Å². The predicted octanol–water partition coefficient (Wildman–Crippen LogP) is 7.30. The van der Waals surface area contributed by atoms with Crippen LogP contribution in [0.15, 0.2) is 91.0 Å². The van der Waals surface area contributed by atoms with Crippen LogP contribution < -0.4 is 10.1 Å². The maximum atomic E-state index is 11.5. The minimum absolute atomic E-state index is 0.0824. The van der Waals surface area contributed by atoms with Crippen molar-refractivity contribution in [2.24, 2.45) is 5.92 Å². The molecule has 2 aliphatic rings. The number of nitrogens with one attached hydrogen (secondary N) is 1. The highest BCUT2D eigenvalue weighted by Gasteiger charge is 2.43. The summed E-state index contributed by atoms with van der Waals surface area (Å²) in [5.74, 6) is 1.16. The molecule has 0 bridgehead atoms. The van der Waals surface area contributed by atoms with E-state index in [4.69, 9.17) is 16.3 Å². The van der Waals surface area contributed by atoms with Crippen molar-refractivity contribution in [1.82, 2.24) is 0 Å². The minimum atomic E-state index is -0.316. The minimum Gasteiger partial charge on any atom is -0.489 e. The highest BCUT2D eigenvalue weighted by molar-refractivity contribution is 6.31. The molecule has 4 aromatic rings. The van der Waals surface area contributed by atoms with Crippen LogP contribution in [0.4, 0.5) is 11.4 Å². The lowest BCUT2D eigenvalue weighted by atomic mass is 9.75. The summed E-state index contributed by atoms with van der Waals surface area (Å²) in [6.45, 7) is 0.410. The molecule has 174 valence electrons. The van der Waals surface area contributed by atoms with E-state index in [1.807, 2.05) is 42.5 Å². The lowest BCUT2D eigenvalue weighted by molar-refractivity contribution is -0.384. The summed E-state index contributed by atoms with van der Waals surface area (Å²) in [7, 11) is 0. The molecule has 0 fully saturated rings. The van der Waals surface area contributed by atoms with Crippen LogP contribution in [-0.4, -0.2) is 4.92 Å². The van der Waals surface area contributed by atoms with Gasteiger partial charge in [0.15, 0.2) is 0 Å². The molecule has 0 unspecified atom stereocenters. The Bertz CT molecular complexity index is 1420. The van der Waals surface area contributed by atoms with Crippen LogP contribution in [0.25, 0.3) is 0 Å². The highest BCUT2D eigenvalue weighted by Crippen LogP contribution is 2.54. The zero-order valence-corrected chi connectivity index (χ0v) is 19.6. The van der Waals surface area contributed by atoms with Crippen molar-refractivity contribution < 1.29 is 9.66 Å². The molecule has 0 radical (unpaired) electrons. The molecular weight excluding hydrogens is 460 g/mol. The Labute approximate surface area is 208 Å². The number of nitrogens with zero attached hydrogens (tertiary/aromatic N) is 1. The van der Waals surface area contributed by atoms with Crippen LogP contribution in [0.2, 0.25) is 5.02 Å². The number of fused-ring (bicyclic) bond motifs is 5. The van der Waals surface area contributed by atoms with Crippen molar-refractivity contribution in [2.75, 3.05) is 5.32 Å². The zero-order valence-electron chi connectivity index (χ0n) is 18.9. The second-order valence-corrected chi connectivity index (χ2v) is 9.55. The van der Waals surface area contributed by atoms with E-state index >= 15 is 0 Å². The van der Waals surface area contributed by atoms with Gasteiger partial charge in [0, 0.05) is 34.3 Å². The summed E-state index contributed by atoms with van der Waals surface area (Å²) in [5, 5.41) is 15.9. The number of halogens is 1. The number of benzene rings is 4. The number of nitro groups is 1. The molecule has 1 N–H and O–H groups in total. The average Bonchev–Trinajstić information content (AvgIpc) is 3.28. The van der Waals surface area contributed by atoms with E-state index in [0.717, 1.165) is 29.0 Å². The van der Waals surface area contributed by atoms with Crippen LogP contribution in [0.5, 0.6) is 5.75 Å².